The largest absolute Gasteiger partial charge is 0.462 e. The number of hydrazine groups is 1. The van der Waals surface area contributed by atoms with Crippen molar-refractivity contribution in [3.63, 3.8) is 0 Å². The van der Waals surface area contributed by atoms with E-state index in [9.17, 15) is 19.3 Å². The van der Waals surface area contributed by atoms with E-state index in [1.54, 1.807) is 0 Å². The fraction of sp³-hybridized carbons (Fsp3) is 0.942. The third-order valence-corrected chi connectivity index (χ3v) is 11.9. The van der Waals surface area contributed by atoms with Crippen molar-refractivity contribution in [1.82, 2.24) is 5.32 Å². The monoisotopic (exact) mass is 965 g/mol. The second-order valence-corrected chi connectivity index (χ2v) is 20.1. The van der Waals surface area contributed by atoms with Crippen LogP contribution in [-0.2, 0) is 37.6 Å². The SMILES string of the molecule is CC.CCCCCCCCCCCCCCCCCC(=O)OCC(COP(O)OCCNC(=O)CC(C)(C)OCC(C)(C)N)OC(=O)CCCCCCCCCCCCCCCCC.NN. The summed E-state index contributed by atoms with van der Waals surface area (Å²) in [6.45, 7) is 16.1. The van der Waals surface area contributed by atoms with Gasteiger partial charge in [-0.1, -0.05) is 207 Å². The Morgan fingerprint density at radius 2 is 0.924 bits per heavy atom. The Kier molecular flexibility index (Phi) is 53.6. The maximum Gasteiger partial charge on any atom is 0.330 e. The molecule has 0 rings (SSSR count). The molecule has 0 radical (unpaired) electrons. The van der Waals surface area contributed by atoms with E-state index < -0.39 is 25.8 Å². The van der Waals surface area contributed by atoms with Crippen molar-refractivity contribution in [2.45, 2.75) is 285 Å². The Hall–Kier alpha value is -1.44. The van der Waals surface area contributed by atoms with E-state index in [1.807, 2.05) is 41.5 Å². The average molecular weight is 965 g/mol. The summed E-state index contributed by atoms with van der Waals surface area (Å²) in [6.07, 6.45) is 37.4. The minimum atomic E-state index is -2.32. The van der Waals surface area contributed by atoms with Gasteiger partial charge in [-0.25, -0.2) is 0 Å². The standard InChI is InChI=1S/C50H99N2O9P.C2H6.H4N2/c1-7-9-11-13-15-17-19-21-23-25-27-29-31-33-35-37-47(54)57-42-45(43-60-62(56)59-40-39-52-46(53)41-50(5,6)58-44-49(3,4)51)61-48(55)38-36-34-32-30-28-26-24-22-20-18-16-14-12-10-8-2;2*1-2/h45,56H,7-44,51H2,1-6H3,(H,52,53);1-2H3;1-2H2. The van der Waals surface area contributed by atoms with Crippen LogP contribution in [0.1, 0.15) is 267 Å². The predicted molar refractivity (Wildman–Crippen MR) is 277 cm³/mol. The van der Waals surface area contributed by atoms with E-state index in [0.717, 1.165) is 38.5 Å². The van der Waals surface area contributed by atoms with Gasteiger partial charge in [0.2, 0.25) is 5.91 Å². The van der Waals surface area contributed by atoms with Gasteiger partial charge in [0, 0.05) is 24.9 Å². The lowest BCUT2D eigenvalue weighted by molar-refractivity contribution is -0.161. The number of ether oxygens (including phenoxy) is 3. The summed E-state index contributed by atoms with van der Waals surface area (Å²) in [5.74, 6) is 7.07. The van der Waals surface area contributed by atoms with Crippen molar-refractivity contribution >= 4 is 26.4 Å². The molecule has 0 aliphatic carbocycles. The Balaban J connectivity index is -0.00000963. The third kappa shape index (κ3) is 55.2. The first kappa shape index (κ1) is 68.8. The number of nitrogens with two attached hydrogens (primary N) is 3. The first-order valence-electron chi connectivity index (χ1n) is 26.9. The molecule has 0 aliphatic heterocycles. The highest BCUT2D eigenvalue weighted by Crippen LogP contribution is 2.32. The number of nitrogens with one attached hydrogen (secondary N) is 1. The van der Waals surface area contributed by atoms with E-state index in [4.69, 9.17) is 29.0 Å². The van der Waals surface area contributed by atoms with Crippen LogP contribution in [0.5, 0.6) is 0 Å². The number of hydrogen-bond donors (Lipinski definition) is 5. The Bertz CT molecular complexity index is 1050. The summed E-state index contributed by atoms with van der Waals surface area (Å²) in [5, 5.41) is 2.76. The van der Waals surface area contributed by atoms with Crippen LogP contribution in [0.15, 0.2) is 0 Å². The molecule has 1 amide bonds. The first-order chi connectivity index (χ1) is 31.8. The predicted octanol–water partition coefficient (Wildman–Crippen LogP) is 13.1. The highest BCUT2D eigenvalue weighted by Gasteiger charge is 2.26. The smallest absolute Gasteiger partial charge is 0.330 e. The number of rotatable bonds is 47. The van der Waals surface area contributed by atoms with Gasteiger partial charge in [0.1, 0.15) is 6.61 Å². The number of carbonyl (C=O) groups is 3. The Morgan fingerprint density at radius 1 is 0.561 bits per heavy atom. The van der Waals surface area contributed by atoms with Crippen LogP contribution >= 0.6 is 8.60 Å². The summed E-state index contributed by atoms with van der Waals surface area (Å²) >= 11 is 0. The maximum absolute atomic E-state index is 12.8. The normalized spacial score (nSPS) is 12.4. The molecule has 0 aliphatic rings. The molecule has 2 unspecified atom stereocenters. The summed E-state index contributed by atoms with van der Waals surface area (Å²) in [5.41, 5.74) is 4.80. The van der Waals surface area contributed by atoms with E-state index in [1.165, 1.54) is 154 Å². The van der Waals surface area contributed by atoms with Crippen molar-refractivity contribution in [1.29, 1.82) is 0 Å². The maximum atomic E-state index is 12.8. The van der Waals surface area contributed by atoms with Gasteiger partial charge in [-0.15, -0.1) is 0 Å². The molecule has 0 heterocycles. The molecule has 0 saturated heterocycles. The molecule has 0 fully saturated rings. The van der Waals surface area contributed by atoms with Crippen molar-refractivity contribution in [2.75, 3.05) is 33.0 Å². The molecule has 2 atom stereocenters. The number of carbonyl (C=O) groups excluding carboxylic acids is 3. The molecule has 8 N–H and O–H groups in total. The molecule has 396 valence electrons. The van der Waals surface area contributed by atoms with Gasteiger partial charge in [-0.2, -0.15) is 0 Å². The summed E-state index contributed by atoms with van der Waals surface area (Å²) in [6, 6.07) is 0. The molecular weight excluding hydrogens is 856 g/mol. The second kappa shape index (κ2) is 51.4. The van der Waals surface area contributed by atoms with E-state index in [0.29, 0.717) is 13.0 Å². The van der Waals surface area contributed by atoms with E-state index in [2.05, 4.69) is 30.8 Å². The van der Waals surface area contributed by atoms with Crippen LogP contribution in [0.2, 0.25) is 0 Å². The van der Waals surface area contributed by atoms with Crippen LogP contribution in [0.25, 0.3) is 0 Å². The number of esters is 2. The lowest BCUT2D eigenvalue weighted by atomic mass is 10.0. The second-order valence-electron chi connectivity index (χ2n) is 19.1. The first-order valence-corrected chi connectivity index (χ1v) is 28.0. The number of hydrogen-bond acceptors (Lipinski definition) is 12. The van der Waals surface area contributed by atoms with Gasteiger partial charge in [-0.05, 0) is 40.5 Å². The van der Waals surface area contributed by atoms with Gasteiger partial charge >= 0.3 is 20.5 Å². The molecule has 0 bridgehead atoms. The van der Waals surface area contributed by atoms with Crippen molar-refractivity contribution < 1.29 is 42.5 Å². The molecule has 0 saturated carbocycles. The summed E-state index contributed by atoms with van der Waals surface area (Å²) < 4.78 is 27.9. The molecule has 0 aromatic heterocycles. The highest BCUT2D eigenvalue weighted by molar-refractivity contribution is 7.40. The zero-order valence-electron chi connectivity index (χ0n) is 44.3. The van der Waals surface area contributed by atoms with Crippen LogP contribution in [0.4, 0.5) is 0 Å². The van der Waals surface area contributed by atoms with Crippen LogP contribution in [-0.4, -0.2) is 73.0 Å². The van der Waals surface area contributed by atoms with Crippen LogP contribution in [0.3, 0.4) is 0 Å². The molecule has 0 spiro atoms. The molecule has 0 aromatic rings. The number of unbranched alkanes of at least 4 members (excludes halogenated alkanes) is 28. The molecule has 0 aromatic carbocycles. The van der Waals surface area contributed by atoms with Crippen molar-refractivity contribution in [3.8, 4) is 0 Å². The topological polar surface area (TPSA) is 208 Å². The van der Waals surface area contributed by atoms with Crippen LogP contribution in [0, 0.1) is 0 Å². The zero-order chi connectivity index (χ0) is 50.0. The minimum absolute atomic E-state index is 0.0168. The fourth-order valence-corrected chi connectivity index (χ4v) is 7.90. The lowest BCUT2D eigenvalue weighted by Gasteiger charge is -2.29. The van der Waals surface area contributed by atoms with E-state index in [-0.39, 0.29) is 57.1 Å². The number of amides is 1. The molecule has 66 heavy (non-hydrogen) atoms. The molecule has 14 heteroatoms. The van der Waals surface area contributed by atoms with Gasteiger partial charge < -0.3 is 39.2 Å². The highest BCUT2D eigenvalue weighted by atomic mass is 31.2. The quantitative estimate of drug-likeness (QED) is 0.0127. The molecule has 13 nitrogen and oxygen atoms in total. The third-order valence-electron chi connectivity index (χ3n) is 11.1. The zero-order valence-corrected chi connectivity index (χ0v) is 45.2. The lowest BCUT2D eigenvalue weighted by Crippen LogP contribution is -2.43. The van der Waals surface area contributed by atoms with Gasteiger partial charge in [0.25, 0.3) is 0 Å². The van der Waals surface area contributed by atoms with Crippen molar-refractivity contribution in [3.05, 3.63) is 0 Å². The van der Waals surface area contributed by atoms with E-state index >= 15 is 0 Å². The summed E-state index contributed by atoms with van der Waals surface area (Å²) in [7, 11) is -2.32. The van der Waals surface area contributed by atoms with Crippen molar-refractivity contribution in [2.24, 2.45) is 17.4 Å². The minimum Gasteiger partial charge on any atom is -0.462 e. The molecular formula is C52H109N4O9P. The fourth-order valence-electron chi connectivity index (χ4n) is 7.28. The van der Waals surface area contributed by atoms with Gasteiger partial charge in [-0.3, -0.25) is 26.1 Å². The van der Waals surface area contributed by atoms with Gasteiger partial charge in [0.05, 0.1) is 31.8 Å². The van der Waals surface area contributed by atoms with Gasteiger partial charge in [0.15, 0.2) is 6.10 Å². The average Bonchev–Trinajstić information content (AvgIpc) is 3.29. The van der Waals surface area contributed by atoms with Crippen LogP contribution < -0.4 is 22.7 Å². The Morgan fingerprint density at radius 3 is 1.30 bits per heavy atom. The summed E-state index contributed by atoms with van der Waals surface area (Å²) in [4.78, 5) is 48.2. The Labute approximate surface area is 408 Å².